The first-order valence-corrected chi connectivity index (χ1v) is 7.21. The van der Waals surface area contributed by atoms with Gasteiger partial charge < -0.3 is 9.47 Å². The van der Waals surface area contributed by atoms with Crippen molar-refractivity contribution >= 4 is 11.6 Å². The molecule has 0 aliphatic carbocycles. The number of alkyl halides is 1. The van der Waals surface area contributed by atoms with Crippen molar-refractivity contribution in [2.45, 2.75) is 19.2 Å². The zero-order valence-electron chi connectivity index (χ0n) is 12.3. The smallest absolute Gasteiger partial charge is 0.165 e. The predicted octanol–water partition coefficient (Wildman–Crippen LogP) is 4.87. The zero-order chi connectivity index (χ0) is 15.4. The highest BCUT2D eigenvalue weighted by Gasteiger charge is 2.18. The van der Waals surface area contributed by atoms with Crippen LogP contribution < -0.4 is 9.47 Å². The summed E-state index contributed by atoms with van der Waals surface area (Å²) in [5.74, 6) is 0.502. The molecule has 0 bridgehead atoms. The Bertz CT molecular complexity index is 628. The highest BCUT2D eigenvalue weighted by molar-refractivity contribution is 6.22. The number of aryl methyl sites for hydroxylation is 1. The lowest BCUT2D eigenvalue weighted by atomic mass is 10.0. The van der Waals surface area contributed by atoms with Crippen molar-refractivity contribution in [3.8, 4) is 11.5 Å². The summed E-state index contributed by atoms with van der Waals surface area (Å²) >= 11 is 6.52. The lowest BCUT2D eigenvalue weighted by Gasteiger charge is -2.16. The zero-order valence-corrected chi connectivity index (χ0v) is 13.1. The number of methoxy groups -OCH3 is 1. The molecule has 0 aliphatic rings. The molecular weight excluding hydrogens is 291 g/mol. The molecule has 0 N–H and O–H groups in total. The molecule has 112 valence electrons. The molecule has 0 aliphatic heterocycles. The van der Waals surface area contributed by atoms with E-state index in [-0.39, 0.29) is 5.75 Å². The summed E-state index contributed by atoms with van der Waals surface area (Å²) in [4.78, 5) is 0. The number of hydrogen-bond acceptors (Lipinski definition) is 2. The monoisotopic (exact) mass is 308 g/mol. The van der Waals surface area contributed by atoms with Crippen molar-refractivity contribution in [3.05, 3.63) is 58.9 Å². The third-order valence-electron chi connectivity index (χ3n) is 3.21. The lowest BCUT2D eigenvalue weighted by molar-refractivity contribution is 0.336. The Balaban J connectivity index is 2.41. The molecule has 0 saturated heterocycles. The fourth-order valence-electron chi connectivity index (χ4n) is 2.17. The Morgan fingerprint density at radius 1 is 1.14 bits per heavy atom. The second-order valence-corrected chi connectivity index (χ2v) is 5.17. The Morgan fingerprint density at radius 3 is 2.48 bits per heavy atom. The van der Waals surface area contributed by atoms with Crippen LogP contribution in [0.3, 0.4) is 0 Å². The van der Waals surface area contributed by atoms with Gasteiger partial charge >= 0.3 is 0 Å². The fourth-order valence-corrected chi connectivity index (χ4v) is 2.48. The number of rotatable bonds is 5. The van der Waals surface area contributed by atoms with Crippen LogP contribution in [-0.2, 0) is 0 Å². The summed E-state index contributed by atoms with van der Waals surface area (Å²) in [5.41, 5.74) is 2.58. The second kappa shape index (κ2) is 6.81. The van der Waals surface area contributed by atoms with Crippen molar-refractivity contribution in [1.82, 2.24) is 0 Å². The maximum absolute atomic E-state index is 13.8. The summed E-state index contributed by atoms with van der Waals surface area (Å²) in [6.45, 7) is 4.45. The largest absolute Gasteiger partial charge is 0.494 e. The SMILES string of the molecule is CCOc1ccc(C)cc1C(Cl)c1ccc(OC)c(F)c1. The fraction of sp³-hybridized carbons (Fsp3) is 0.294. The molecular formula is C17H18ClFO2. The molecule has 1 atom stereocenters. The normalized spacial score (nSPS) is 12.0. The Hall–Kier alpha value is -1.74. The van der Waals surface area contributed by atoms with E-state index in [0.717, 1.165) is 16.9 Å². The van der Waals surface area contributed by atoms with Gasteiger partial charge in [-0.1, -0.05) is 23.8 Å². The summed E-state index contributed by atoms with van der Waals surface area (Å²) in [7, 11) is 1.43. The van der Waals surface area contributed by atoms with Gasteiger partial charge in [0.05, 0.1) is 19.1 Å². The van der Waals surface area contributed by atoms with Crippen LogP contribution in [0.25, 0.3) is 0 Å². The third kappa shape index (κ3) is 3.48. The molecule has 4 heteroatoms. The molecule has 0 spiro atoms. The van der Waals surface area contributed by atoms with Crippen molar-refractivity contribution in [3.63, 3.8) is 0 Å². The van der Waals surface area contributed by atoms with Crippen molar-refractivity contribution in [2.75, 3.05) is 13.7 Å². The Kier molecular flexibility index (Phi) is 5.07. The van der Waals surface area contributed by atoms with Crippen LogP contribution in [0, 0.1) is 12.7 Å². The van der Waals surface area contributed by atoms with Crippen LogP contribution >= 0.6 is 11.6 Å². The molecule has 2 aromatic rings. The van der Waals surface area contributed by atoms with Gasteiger partial charge in [0.2, 0.25) is 0 Å². The molecule has 0 heterocycles. The van der Waals surface area contributed by atoms with Gasteiger partial charge in [-0.3, -0.25) is 0 Å². The van der Waals surface area contributed by atoms with Crippen molar-refractivity contribution < 1.29 is 13.9 Å². The van der Waals surface area contributed by atoms with Gasteiger partial charge in [0.15, 0.2) is 11.6 Å². The van der Waals surface area contributed by atoms with Crippen LogP contribution in [0.2, 0.25) is 0 Å². The van der Waals surface area contributed by atoms with Crippen LogP contribution in [0.5, 0.6) is 11.5 Å². The number of benzene rings is 2. The van der Waals surface area contributed by atoms with E-state index in [0.29, 0.717) is 12.2 Å². The second-order valence-electron chi connectivity index (χ2n) is 4.73. The van der Waals surface area contributed by atoms with E-state index in [1.165, 1.54) is 13.2 Å². The molecule has 1 unspecified atom stereocenters. The molecule has 0 saturated carbocycles. The van der Waals surface area contributed by atoms with E-state index in [2.05, 4.69) is 0 Å². The van der Waals surface area contributed by atoms with E-state index in [9.17, 15) is 4.39 Å². The maximum atomic E-state index is 13.8. The lowest BCUT2D eigenvalue weighted by Crippen LogP contribution is -2.01. The van der Waals surface area contributed by atoms with Crippen molar-refractivity contribution in [1.29, 1.82) is 0 Å². The highest BCUT2D eigenvalue weighted by Crippen LogP contribution is 2.37. The maximum Gasteiger partial charge on any atom is 0.165 e. The summed E-state index contributed by atoms with van der Waals surface area (Å²) in [6.07, 6.45) is 0. The molecule has 0 radical (unpaired) electrons. The summed E-state index contributed by atoms with van der Waals surface area (Å²) in [6, 6.07) is 10.6. The highest BCUT2D eigenvalue weighted by atomic mass is 35.5. The van der Waals surface area contributed by atoms with E-state index in [4.69, 9.17) is 21.1 Å². The van der Waals surface area contributed by atoms with Gasteiger partial charge in [-0.15, -0.1) is 11.6 Å². The molecule has 0 fully saturated rings. The van der Waals surface area contributed by atoms with E-state index < -0.39 is 11.2 Å². The van der Waals surface area contributed by atoms with Gasteiger partial charge in [-0.2, -0.15) is 0 Å². The topological polar surface area (TPSA) is 18.5 Å². The Labute approximate surface area is 129 Å². The third-order valence-corrected chi connectivity index (χ3v) is 3.69. The van der Waals surface area contributed by atoms with Gasteiger partial charge in [0.25, 0.3) is 0 Å². The number of hydrogen-bond donors (Lipinski definition) is 0. The predicted molar refractivity (Wildman–Crippen MR) is 83.0 cm³/mol. The first-order valence-electron chi connectivity index (χ1n) is 6.77. The van der Waals surface area contributed by atoms with Crippen LogP contribution in [0.15, 0.2) is 36.4 Å². The van der Waals surface area contributed by atoms with E-state index in [1.54, 1.807) is 12.1 Å². The number of ether oxygens (including phenoxy) is 2. The molecule has 0 amide bonds. The Morgan fingerprint density at radius 2 is 1.86 bits per heavy atom. The first-order chi connectivity index (χ1) is 10.1. The van der Waals surface area contributed by atoms with Crippen LogP contribution in [0.1, 0.15) is 29.0 Å². The van der Waals surface area contributed by atoms with Gasteiger partial charge in [0.1, 0.15) is 5.75 Å². The minimum absolute atomic E-state index is 0.205. The van der Waals surface area contributed by atoms with E-state index >= 15 is 0 Å². The standard InChI is InChI=1S/C17H18ClFO2/c1-4-21-15-7-5-11(2)9-13(15)17(18)12-6-8-16(20-3)14(19)10-12/h5-10,17H,4H2,1-3H3. The quantitative estimate of drug-likeness (QED) is 0.734. The average Bonchev–Trinajstić information content (AvgIpc) is 2.48. The minimum atomic E-state index is -0.480. The molecule has 0 aromatic heterocycles. The minimum Gasteiger partial charge on any atom is -0.494 e. The van der Waals surface area contributed by atoms with Gasteiger partial charge in [0, 0.05) is 5.56 Å². The van der Waals surface area contributed by atoms with Gasteiger partial charge in [-0.05, 0) is 37.6 Å². The molecule has 2 nitrogen and oxygen atoms in total. The van der Waals surface area contributed by atoms with Crippen LogP contribution in [-0.4, -0.2) is 13.7 Å². The van der Waals surface area contributed by atoms with E-state index in [1.807, 2.05) is 32.0 Å². The summed E-state index contributed by atoms with van der Waals surface area (Å²) in [5, 5.41) is -0.480. The average molecular weight is 309 g/mol. The molecule has 21 heavy (non-hydrogen) atoms. The molecule has 2 rings (SSSR count). The first kappa shape index (κ1) is 15.6. The number of halogens is 2. The molecule has 2 aromatic carbocycles. The van der Waals surface area contributed by atoms with Crippen LogP contribution in [0.4, 0.5) is 4.39 Å². The van der Waals surface area contributed by atoms with Gasteiger partial charge in [-0.25, -0.2) is 4.39 Å². The van der Waals surface area contributed by atoms with Crippen molar-refractivity contribution in [2.24, 2.45) is 0 Å². The summed E-state index contributed by atoms with van der Waals surface area (Å²) < 4.78 is 24.4.